The number of aromatic nitrogens is 3. The molecule has 1 saturated carbocycles. The normalized spacial score (nSPS) is 16.6. The summed E-state index contributed by atoms with van der Waals surface area (Å²) in [6.45, 7) is 5.50. The number of rotatable bonds is 7. The summed E-state index contributed by atoms with van der Waals surface area (Å²) in [5.74, 6) is 0.268. The number of hydrogen-bond donors (Lipinski definition) is 2. The highest BCUT2D eigenvalue weighted by Gasteiger charge is 2.30. The zero-order valence-corrected chi connectivity index (χ0v) is 20.8. The second-order valence-electron chi connectivity index (χ2n) is 9.70. The first-order valence-electron chi connectivity index (χ1n) is 12.2. The number of thiazole rings is 1. The molecule has 0 unspecified atom stereocenters. The SMILES string of the molecule is CC(C)c1cccc(NC(=O)Cn2cnc3nc(N4CCC(C(=O)NC5CC5)CC4)sc3c2=O)c1. The molecule has 3 aromatic rings. The molecule has 10 heteroatoms. The van der Waals surface area contributed by atoms with Gasteiger partial charge in [0, 0.05) is 30.7 Å². The molecule has 2 aliphatic rings. The minimum absolute atomic E-state index is 0.0383. The fourth-order valence-corrected chi connectivity index (χ4v) is 5.31. The average molecular weight is 495 g/mol. The number of benzene rings is 1. The molecule has 2 aromatic heterocycles. The summed E-state index contributed by atoms with van der Waals surface area (Å²) in [4.78, 5) is 49.0. The van der Waals surface area contributed by atoms with Crippen LogP contribution >= 0.6 is 11.3 Å². The predicted octanol–water partition coefficient (Wildman–Crippen LogP) is 3.11. The average Bonchev–Trinajstić information content (AvgIpc) is 3.55. The van der Waals surface area contributed by atoms with E-state index in [1.165, 1.54) is 22.2 Å². The van der Waals surface area contributed by atoms with Crippen LogP contribution in [0.3, 0.4) is 0 Å². The third kappa shape index (κ3) is 5.37. The van der Waals surface area contributed by atoms with E-state index in [2.05, 4.69) is 39.3 Å². The van der Waals surface area contributed by atoms with Crippen molar-refractivity contribution in [2.45, 2.75) is 58.0 Å². The summed E-state index contributed by atoms with van der Waals surface area (Å²) in [5, 5.41) is 6.70. The standard InChI is InChI=1S/C25H30N6O3S/c1-15(2)17-4-3-5-19(12-17)27-20(32)13-31-14-26-22-21(24(31)34)35-25(29-22)30-10-8-16(9-11-30)23(33)28-18-6-7-18/h3-5,12,14-16,18H,6-11,13H2,1-2H3,(H,27,32)(H,28,33). The summed E-state index contributed by atoms with van der Waals surface area (Å²) >= 11 is 1.30. The number of anilines is 2. The van der Waals surface area contributed by atoms with Crippen LogP contribution in [0.4, 0.5) is 10.8 Å². The molecule has 0 bridgehead atoms. The fraction of sp³-hybridized carbons (Fsp3) is 0.480. The molecular formula is C25H30N6O3S. The Morgan fingerprint density at radius 1 is 1.17 bits per heavy atom. The first-order chi connectivity index (χ1) is 16.9. The van der Waals surface area contributed by atoms with E-state index < -0.39 is 0 Å². The molecule has 0 radical (unpaired) electrons. The third-order valence-corrected chi connectivity index (χ3v) is 7.68. The van der Waals surface area contributed by atoms with E-state index in [0.29, 0.717) is 41.1 Å². The maximum atomic E-state index is 13.0. The fourth-order valence-electron chi connectivity index (χ4n) is 4.29. The van der Waals surface area contributed by atoms with Gasteiger partial charge in [-0.1, -0.05) is 37.3 Å². The van der Waals surface area contributed by atoms with Gasteiger partial charge >= 0.3 is 0 Å². The van der Waals surface area contributed by atoms with E-state index in [-0.39, 0.29) is 29.8 Å². The molecule has 184 valence electrons. The van der Waals surface area contributed by atoms with Crippen LogP contribution < -0.4 is 21.1 Å². The highest BCUT2D eigenvalue weighted by Crippen LogP contribution is 2.30. The highest BCUT2D eigenvalue weighted by molar-refractivity contribution is 7.22. The monoisotopic (exact) mass is 494 g/mol. The van der Waals surface area contributed by atoms with Crippen LogP contribution in [0.2, 0.25) is 0 Å². The number of carbonyl (C=O) groups is 2. The van der Waals surface area contributed by atoms with Crippen LogP contribution in [-0.4, -0.2) is 45.5 Å². The molecular weight excluding hydrogens is 464 g/mol. The number of carbonyl (C=O) groups excluding carboxylic acids is 2. The van der Waals surface area contributed by atoms with Crippen LogP contribution in [0, 0.1) is 5.92 Å². The Morgan fingerprint density at radius 3 is 2.66 bits per heavy atom. The Balaban J connectivity index is 1.24. The van der Waals surface area contributed by atoms with E-state index in [4.69, 9.17) is 0 Å². The van der Waals surface area contributed by atoms with Gasteiger partial charge in [-0.3, -0.25) is 19.0 Å². The zero-order valence-electron chi connectivity index (χ0n) is 20.0. The first-order valence-corrected chi connectivity index (χ1v) is 13.0. The van der Waals surface area contributed by atoms with Crippen LogP contribution in [0.15, 0.2) is 35.4 Å². The molecule has 2 fully saturated rings. The van der Waals surface area contributed by atoms with Crippen LogP contribution in [0.5, 0.6) is 0 Å². The lowest BCUT2D eigenvalue weighted by Crippen LogP contribution is -2.41. The van der Waals surface area contributed by atoms with Gasteiger partial charge in [0.15, 0.2) is 10.8 Å². The molecule has 9 nitrogen and oxygen atoms in total. The maximum absolute atomic E-state index is 13.0. The number of piperidine rings is 1. The van der Waals surface area contributed by atoms with Gasteiger partial charge in [0.05, 0.1) is 0 Å². The largest absolute Gasteiger partial charge is 0.353 e. The van der Waals surface area contributed by atoms with Crippen molar-refractivity contribution in [3.63, 3.8) is 0 Å². The van der Waals surface area contributed by atoms with Gasteiger partial charge in [-0.25, -0.2) is 4.98 Å². The van der Waals surface area contributed by atoms with Gasteiger partial charge in [-0.15, -0.1) is 0 Å². The molecule has 35 heavy (non-hydrogen) atoms. The van der Waals surface area contributed by atoms with Crippen molar-refractivity contribution in [3.05, 3.63) is 46.5 Å². The number of nitrogens with one attached hydrogen (secondary N) is 2. The summed E-state index contributed by atoms with van der Waals surface area (Å²) < 4.78 is 1.76. The smallest absolute Gasteiger partial charge is 0.273 e. The molecule has 1 aliphatic carbocycles. The number of fused-ring (bicyclic) bond motifs is 1. The molecule has 3 heterocycles. The van der Waals surface area contributed by atoms with Gasteiger partial charge in [0.1, 0.15) is 17.6 Å². The van der Waals surface area contributed by atoms with Gasteiger partial charge in [-0.05, 0) is 49.3 Å². The number of hydrogen-bond acceptors (Lipinski definition) is 7. The van der Waals surface area contributed by atoms with Gasteiger partial charge in [0.2, 0.25) is 11.8 Å². The Labute approximate surface area is 207 Å². The Morgan fingerprint density at radius 2 is 1.94 bits per heavy atom. The van der Waals surface area contributed by atoms with E-state index in [1.807, 2.05) is 24.3 Å². The lowest BCUT2D eigenvalue weighted by Gasteiger charge is -2.30. The van der Waals surface area contributed by atoms with Crippen molar-refractivity contribution in [2.24, 2.45) is 5.92 Å². The van der Waals surface area contributed by atoms with Crippen molar-refractivity contribution >= 4 is 44.3 Å². The second-order valence-corrected chi connectivity index (χ2v) is 10.7. The molecule has 2 amide bonds. The van der Waals surface area contributed by atoms with Gasteiger partial charge < -0.3 is 15.5 Å². The van der Waals surface area contributed by atoms with Crippen LogP contribution in [-0.2, 0) is 16.1 Å². The molecule has 1 aromatic carbocycles. The van der Waals surface area contributed by atoms with Crippen molar-refractivity contribution in [3.8, 4) is 0 Å². The molecule has 0 spiro atoms. The van der Waals surface area contributed by atoms with E-state index in [0.717, 1.165) is 36.4 Å². The lowest BCUT2D eigenvalue weighted by atomic mass is 9.96. The highest BCUT2D eigenvalue weighted by atomic mass is 32.1. The third-order valence-electron chi connectivity index (χ3n) is 6.58. The minimum Gasteiger partial charge on any atom is -0.353 e. The van der Waals surface area contributed by atoms with Crippen molar-refractivity contribution in [1.82, 2.24) is 19.9 Å². The molecule has 1 saturated heterocycles. The van der Waals surface area contributed by atoms with E-state index in [1.54, 1.807) is 0 Å². The van der Waals surface area contributed by atoms with Gasteiger partial charge in [-0.2, -0.15) is 4.98 Å². The van der Waals surface area contributed by atoms with Crippen LogP contribution in [0.25, 0.3) is 10.3 Å². The Kier molecular flexibility index (Phi) is 6.55. The minimum atomic E-state index is -0.287. The number of nitrogens with zero attached hydrogens (tertiary/aromatic N) is 4. The van der Waals surface area contributed by atoms with E-state index >= 15 is 0 Å². The van der Waals surface area contributed by atoms with Crippen molar-refractivity contribution < 1.29 is 9.59 Å². The maximum Gasteiger partial charge on any atom is 0.273 e. The summed E-state index contributed by atoms with van der Waals surface area (Å²) in [6, 6.07) is 8.09. The summed E-state index contributed by atoms with van der Waals surface area (Å²) in [6.07, 6.45) is 5.10. The second kappa shape index (κ2) is 9.77. The van der Waals surface area contributed by atoms with Crippen molar-refractivity contribution in [1.29, 1.82) is 0 Å². The Hall–Kier alpha value is -3.27. The predicted molar refractivity (Wildman–Crippen MR) is 137 cm³/mol. The van der Waals surface area contributed by atoms with Gasteiger partial charge in [0.25, 0.3) is 5.56 Å². The summed E-state index contributed by atoms with van der Waals surface area (Å²) in [5.41, 5.74) is 1.96. The molecule has 2 N–H and O–H groups in total. The summed E-state index contributed by atoms with van der Waals surface area (Å²) in [7, 11) is 0. The lowest BCUT2D eigenvalue weighted by molar-refractivity contribution is -0.125. The Bertz CT molecular complexity index is 1300. The zero-order chi connectivity index (χ0) is 24.5. The quantitative estimate of drug-likeness (QED) is 0.522. The molecule has 0 atom stereocenters. The molecule has 1 aliphatic heterocycles. The molecule has 5 rings (SSSR count). The van der Waals surface area contributed by atoms with E-state index in [9.17, 15) is 14.4 Å². The van der Waals surface area contributed by atoms with Crippen LogP contribution in [0.1, 0.15) is 51.0 Å². The van der Waals surface area contributed by atoms with Crippen molar-refractivity contribution in [2.75, 3.05) is 23.3 Å². The number of amides is 2. The first kappa shape index (κ1) is 23.5. The topological polar surface area (TPSA) is 109 Å².